The van der Waals surface area contributed by atoms with E-state index in [1.165, 1.54) is 48.5 Å². The Labute approximate surface area is 180 Å². The minimum atomic E-state index is -0.453. The summed E-state index contributed by atoms with van der Waals surface area (Å²) in [6.07, 6.45) is 1.50. The van der Waals surface area contributed by atoms with Crippen molar-refractivity contribution in [2.24, 2.45) is 0 Å². The van der Waals surface area contributed by atoms with Gasteiger partial charge in [-0.3, -0.25) is 9.59 Å². The third-order valence-corrected chi connectivity index (χ3v) is 5.79. The molecule has 0 spiro atoms. The monoisotopic (exact) mass is 444 g/mol. The molecular weight excluding hydrogens is 426 g/mol. The molecule has 0 unspecified atom stereocenters. The summed E-state index contributed by atoms with van der Waals surface area (Å²) < 4.78 is 31.4. The molecule has 1 atom stereocenters. The minimum absolute atomic E-state index is 0.154. The maximum atomic E-state index is 13.0. The highest BCUT2D eigenvalue weighted by atomic mass is 32.1. The summed E-state index contributed by atoms with van der Waals surface area (Å²) in [5, 5.41) is 11.4. The van der Waals surface area contributed by atoms with Gasteiger partial charge in [0.05, 0.1) is 6.04 Å². The maximum absolute atomic E-state index is 13.0. The average Bonchev–Trinajstić information content (AvgIpc) is 3.44. The molecular formula is C21H18F2N4O3S. The fourth-order valence-corrected chi connectivity index (χ4v) is 4.15. The van der Waals surface area contributed by atoms with Crippen molar-refractivity contribution >= 4 is 28.8 Å². The molecule has 7 nitrogen and oxygen atoms in total. The van der Waals surface area contributed by atoms with Crippen LogP contribution in [0.1, 0.15) is 33.7 Å². The topological polar surface area (TPSA) is 84.4 Å². The van der Waals surface area contributed by atoms with Crippen LogP contribution in [-0.4, -0.2) is 40.1 Å². The summed E-state index contributed by atoms with van der Waals surface area (Å²) in [6.45, 7) is 0.367. The van der Waals surface area contributed by atoms with Crippen molar-refractivity contribution in [1.29, 1.82) is 0 Å². The zero-order chi connectivity index (χ0) is 21.8. The van der Waals surface area contributed by atoms with Gasteiger partial charge in [-0.15, -0.1) is 10.2 Å². The predicted octanol–water partition coefficient (Wildman–Crippen LogP) is 3.81. The minimum Gasteiger partial charge on any atom is -0.484 e. The second-order valence-electron chi connectivity index (χ2n) is 6.89. The van der Waals surface area contributed by atoms with Crippen LogP contribution in [0.15, 0.2) is 48.5 Å². The number of ether oxygens (including phenoxy) is 1. The van der Waals surface area contributed by atoms with Gasteiger partial charge in [0.1, 0.15) is 22.4 Å². The Bertz CT molecular complexity index is 1070. The Kier molecular flexibility index (Phi) is 6.17. The smallest absolute Gasteiger partial charge is 0.286 e. The molecule has 0 bridgehead atoms. The van der Waals surface area contributed by atoms with Gasteiger partial charge in [0.25, 0.3) is 11.8 Å². The summed E-state index contributed by atoms with van der Waals surface area (Å²) in [4.78, 5) is 26.7. The normalized spacial score (nSPS) is 15.7. The van der Waals surface area contributed by atoms with E-state index in [-0.39, 0.29) is 29.4 Å². The van der Waals surface area contributed by atoms with Gasteiger partial charge in [0, 0.05) is 12.2 Å². The Morgan fingerprint density at radius 1 is 1.06 bits per heavy atom. The first-order valence-electron chi connectivity index (χ1n) is 9.58. The van der Waals surface area contributed by atoms with Crippen LogP contribution < -0.4 is 10.1 Å². The van der Waals surface area contributed by atoms with Gasteiger partial charge in [0.2, 0.25) is 5.01 Å². The van der Waals surface area contributed by atoms with E-state index in [9.17, 15) is 18.4 Å². The number of nitrogens with one attached hydrogen (secondary N) is 1. The first kappa shape index (κ1) is 20.9. The predicted molar refractivity (Wildman–Crippen MR) is 110 cm³/mol. The molecule has 1 fully saturated rings. The van der Waals surface area contributed by atoms with E-state index in [0.717, 1.165) is 17.8 Å². The molecule has 4 rings (SSSR count). The number of carbonyl (C=O) groups is 2. The summed E-state index contributed by atoms with van der Waals surface area (Å²) in [7, 11) is 0. The van der Waals surface area contributed by atoms with Crippen LogP contribution in [0.2, 0.25) is 0 Å². The van der Waals surface area contributed by atoms with Crippen molar-refractivity contribution in [3.63, 3.8) is 0 Å². The van der Waals surface area contributed by atoms with Crippen molar-refractivity contribution in [2.45, 2.75) is 18.9 Å². The van der Waals surface area contributed by atoms with Crippen LogP contribution in [0.25, 0.3) is 0 Å². The summed E-state index contributed by atoms with van der Waals surface area (Å²) in [5.41, 5.74) is 0.443. The van der Waals surface area contributed by atoms with E-state index in [1.54, 1.807) is 4.90 Å². The molecule has 2 aromatic carbocycles. The number of nitrogens with zero attached hydrogens (tertiary/aromatic N) is 3. The average molecular weight is 444 g/mol. The number of halogens is 2. The van der Waals surface area contributed by atoms with Gasteiger partial charge in [-0.05, 0) is 61.4 Å². The second-order valence-corrected chi connectivity index (χ2v) is 7.90. The van der Waals surface area contributed by atoms with E-state index in [4.69, 9.17) is 4.74 Å². The third-order valence-electron chi connectivity index (χ3n) is 4.77. The van der Waals surface area contributed by atoms with Crippen LogP contribution in [0.4, 0.5) is 14.5 Å². The molecule has 3 aromatic rings. The van der Waals surface area contributed by atoms with Gasteiger partial charge in [-0.25, -0.2) is 8.78 Å². The fraction of sp³-hybridized carbons (Fsp3) is 0.238. The van der Waals surface area contributed by atoms with Gasteiger partial charge in [-0.2, -0.15) is 0 Å². The molecule has 0 saturated carbocycles. The lowest BCUT2D eigenvalue weighted by molar-refractivity contribution is -0.134. The van der Waals surface area contributed by atoms with E-state index in [0.29, 0.717) is 29.4 Å². The summed E-state index contributed by atoms with van der Waals surface area (Å²) >= 11 is 1.11. The fourth-order valence-electron chi connectivity index (χ4n) is 3.26. The van der Waals surface area contributed by atoms with E-state index < -0.39 is 11.7 Å². The van der Waals surface area contributed by atoms with Crippen LogP contribution in [0.3, 0.4) is 0 Å². The third kappa shape index (κ3) is 5.02. The molecule has 1 aromatic heterocycles. The highest BCUT2D eigenvalue weighted by molar-refractivity contribution is 7.13. The number of hydrogen-bond donors (Lipinski definition) is 1. The second kappa shape index (κ2) is 9.17. The van der Waals surface area contributed by atoms with Crippen LogP contribution in [0, 0.1) is 11.6 Å². The zero-order valence-electron chi connectivity index (χ0n) is 16.3. The number of carbonyl (C=O) groups excluding carboxylic acids is 2. The van der Waals surface area contributed by atoms with Crippen LogP contribution in [0.5, 0.6) is 5.75 Å². The Hall–Kier alpha value is -3.40. The van der Waals surface area contributed by atoms with E-state index >= 15 is 0 Å². The number of hydrogen-bond acceptors (Lipinski definition) is 6. The Morgan fingerprint density at radius 3 is 2.45 bits per heavy atom. The molecule has 1 aliphatic heterocycles. The first-order chi connectivity index (χ1) is 15.0. The van der Waals surface area contributed by atoms with E-state index in [2.05, 4.69) is 15.5 Å². The van der Waals surface area contributed by atoms with E-state index in [1.807, 2.05) is 0 Å². The molecule has 0 radical (unpaired) electrons. The van der Waals surface area contributed by atoms with Gasteiger partial charge in [-0.1, -0.05) is 11.3 Å². The number of benzene rings is 2. The highest BCUT2D eigenvalue weighted by Crippen LogP contribution is 2.34. The molecule has 2 amide bonds. The van der Waals surface area contributed by atoms with Crippen molar-refractivity contribution < 1.29 is 23.1 Å². The molecule has 1 aliphatic rings. The van der Waals surface area contributed by atoms with Gasteiger partial charge >= 0.3 is 0 Å². The Morgan fingerprint density at radius 2 is 1.74 bits per heavy atom. The van der Waals surface area contributed by atoms with Crippen LogP contribution in [-0.2, 0) is 4.79 Å². The highest BCUT2D eigenvalue weighted by Gasteiger charge is 2.33. The van der Waals surface area contributed by atoms with Crippen molar-refractivity contribution in [2.75, 3.05) is 18.5 Å². The SMILES string of the molecule is O=C(Nc1ccc(F)cc1)c1nnc([C@H]2CCCN2C(=O)COc2ccc(F)cc2)s1. The number of amides is 2. The molecule has 160 valence electrons. The molecule has 2 heterocycles. The number of aromatic nitrogens is 2. The van der Waals surface area contributed by atoms with Crippen molar-refractivity contribution in [3.05, 3.63) is 70.2 Å². The van der Waals surface area contributed by atoms with Gasteiger partial charge in [0.15, 0.2) is 6.61 Å². The summed E-state index contributed by atoms with van der Waals surface area (Å²) in [5.74, 6) is -1.05. The molecule has 10 heteroatoms. The lowest BCUT2D eigenvalue weighted by Crippen LogP contribution is -2.34. The Balaban J connectivity index is 1.38. The number of anilines is 1. The standard InChI is InChI=1S/C21H18F2N4O3S/c22-13-3-7-15(8-4-13)24-19(29)21-26-25-20(31-21)17-2-1-11-27(17)18(28)12-30-16-9-5-14(23)6-10-16/h3-10,17H,1-2,11-12H2,(H,24,29)/t17-/m1/s1. The molecule has 31 heavy (non-hydrogen) atoms. The first-order valence-corrected chi connectivity index (χ1v) is 10.4. The lowest BCUT2D eigenvalue weighted by atomic mass is 10.2. The largest absolute Gasteiger partial charge is 0.484 e. The quantitative estimate of drug-likeness (QED) is 0.625. The lowest BCUT2D eigenvalue weighted by Gasteiger charge is -2.22. The van der Waals surface area contributed by atoms with Crippen molar-refractivity contribution in [1.82, 2.24) is 15.1 Å². The van der Waals surface area contributed by atoms with Crippen LogP contribution >= 0.6 is 11.3 Å². The zero-order valence-corrected chi connectivity index (χ0v) is 17.1. The molecule has 1 N–H and O–H groups in total. The molecule has 0 aliphatic carbocycles. The van der Waals surface area contributed by atoms with Gasteiger partial charge < -0.3 is 15.0 Å². The maximum Gasteiger partial charge on any atom is 0.286 e. The van der Waals surface area contributed by atoms with Crippen molar-refractivity contribution in [3.8, 4) is 5.75 Å². The molecule has 1 saturated heterocycles. The summed E-state index contributed by atoms with van der Waals surface area (Å²) in [6, 6.07) is 10.6. The number of likely N-dealkylation sites (tertiary alicyclic amines) is 1. The number of rotatable bonds is 6.